The highest BCUT2D eigenvalue weighted by Gasteiger charge is 2.08. The Morgan fingerprint density at radius 3 is 3.08 bits per heavy atom. The Morgan fingerprint density at radius 2 is 2.38 bits per heavy atom. The van der Waals surface area contributed by atoms with Gasteiger partial charge in [0.15, 0.2) is 23.3 Å². The van der Waals surface area contributed by atoms with Crippen LogP contribution >= 0.6 is 0 Å². The number of nitrogens with zero attached hydrogens (tertiary/aromatic N) is 3. The maximum atomic E-state index is 11.5. The number of rotatable bonds is 1. The zero-order valence-electron chi connectivity index (χ0n) is 6.81. The van der Waals surface area contributed by atoms with E-state index in [0.29, 0.717) is 11.8 Å². The highest BCUT2D eigenvalue weighted by atomic mass is 16.1. The van der Waals surface area contributed by atoms with Crippen molar-refractivity contribution in [3.05, 3.63) is 22.5 Å². The first-order valence-electron chi connectivity index (χ1n) is 3.59. The molecule has 0 unspecified atom stereocenters. The van der Waals surface area contributed by atoms with Crippen molar-refractivity contribution in [2.24, 2.45) is 7.05 Å². The van der Waals surface area contributed by atoms with Gasteiger partial charge >= 0.3 is 0 Å². The van der Waals surface area contributed by atoms with E-state index in [2.05, 4.69) is 15.0 Å². The van der Waals surface area contributed by atoms with Gasteiger partial charge < -0.3 is 4.98 Å². The molecule has 6 heteroatoms. The standard InChI is InChI=1S/C7H6N4O2/c1-11-4(2-12)10-6-5(7(11)13)8-3-9-6/h2-3H,1H3,(H,8,9). The summed E-state index contributed by atoms with van der Waals surface area (Å²) in [7, 11) is 1.49. The predicted octanol–water partition coefficient (Wildman–Crippen LogP) is -0.531. The molecule has 0 aliphatic heterocycles. The number of nitrogens with one attached hydrogen (secondary N) is 1. The van der Waals surface area contributed by atoms with Crippen molar-refractivity contribution in [1.29, 1.82) is 0 Å². The second kappa shape index (κ2) is 2.51. The number of H-pyrrole nitrogens is 1. The average Bonchev–Trinajstić information content (AvgIpc) is 2.59. The van der Waals surface area contributed by atoms with E-state index >= 15 is 0 Å². The van der Waals surface area contributed by atoms with Crippen LogP contribution in [-0.2, 0) is 7.05 Å². The van der Waals surface area contributed by atoms with E-state index in [9.17, 15) is 9.59 Å². The normalized spacial score (nSPS) is 10.5. The molecule has 2 heterocycles. The number of aromatic amines is 1. The van der Waals surface area contributed by atoms with Gasteiger partial charge in [-0.2, -0.15) is 0 Å². The maximum absolute atomic E-state index is 11.5. The number of carbonyl (C=O) groups excluding carboxylic acids is 1. The van der Waals surface area contributed by atoms with Crippen molar-refractivity contribution >= 4 is 17.5 Å². The molecule has 1 N–H and O–H groups in total. The van der Waals surface area contributed by atoms with Crippen molar-refractivity contribution in [1.82, 2.24) is 19.5 Å². The summed E-state index contributed by atoms with van der Waals surface area (Å²) in [6.07, 6.45) is 1.89. The topological polar surface area (TPSA) is 80.6 Å². The Kier molecular flexibility index (Phi) is 1.48. The summed E-state index contributed by atoms with van der Waals surface area (Å²) in [5.74, 6) is 0.0737. The van der Waals surface area contributed by atoms with Crippen LogP contribution in [0.5, 0.6) is 0 Å². The molecule has 2 rings (SSSR count). The lowest BCUT2D eigenvalue weighted by molar-refractivity contribution is 0.111. The summed E-state index contributed by atoms with van der Waals surface area (Å²) in [6, 6.07) is 0. The molecule has 0 radical (unpaired) electrons. The van der Waals surface area contributed by atoms with Crippen molar-refractivity contribution in [3.8, 4) is 0 Å². The summed E-state index contributed by atoms with van der Waals surface area (Å²) in [4.78, 5) is 32.3. The lowest BCUT2D eigenvalue weighted by atomic mass is 10.5. The van der Waals surface area contributed by atoms with Gasteiger partial charge in [-0.05, 0) is 0 Å². The molecule has 0 aromatic carbocycles. The van der Waals surface area contributed by atoms with Crippen LogP contribution in [0.15, 0.2) is 11.1 Å². The number of aromatic nitrogens is 4. The fourth-order valence-electron chi connectivity index (χ4n) is 1.09. The first-order chi connectivity index (χ1) is 6.24. The van der Waals surface area contributed by atoms with Crippen molar-refractivity contribution in [2.75, 3.05) is 0 Å². The number of hydrogen-bond donors (Lipinski definition) is 1. The van der Waals surface area contributed by atoms with Gasteiger partial charge in [0.05, 0.1) is 6.33 Å². The Bertz CT molecular complexity index is 525. The molecule has 13 heavy (non-hydrogen) atoms. The van der Waals surface area contributed by atoms with Crippen LogP contribution in [0.3, 0.4) is 0 Å². The van der Waals surface area contributed by atoms with Gasteiger partial charge in [-0.1, -0.05) is 0 Å². The van der Waals surface area contributed by atoms with Gasteiger partial charge in [0, 0.05) is 7.05 Å². The van der Waals surface area contributed by atoms with Gasteiger partial charge in [0.2, 0.25) is 0 Å². The minimum atomic E-state index is -0.301. The molecule has 0 spiro atoms. The first-order valence-corrected chi connectivity index (χ1v) is 3.59. The lowest BCUT2D eigenvalue weighted by Gasteiger charge is -1.98. The largest absolute Gasteiger partial charge is 0.339 e. The molecule has 0 saturated carbocycles. The highest BCUT2D eigenvalue weighted by molar-refractivity contribution is 5.75. The van der Waals surface area contributed by atoms with E-state index in [-0.39, 0.29) is 17.0 Å². The molecule has 66 valence electrons. The third kappa shape index (κ3) is 0.952. The molecule has 0 aliphatic carbocycles. The average molecular weight is 178 g/mol. The third-order valence-corrected chi connectivity index (χ3v) is 1.81. The fraction of sp³-hybridized carbons (Fsp3) is 0.143. The summed E-state index contributed by atoms with van der Waals surface area (Å²) in [5, 5.41) is 0. The smallest absolute Gasteiger partial charge is 0.279 e. The highest BCUT2D eigenvalue weighted by Crippen LogP contribution is 1.99. The van der Waals surface area contributed by atoms with E-state index in [1.165, 1.54) is 17.9 Å². The minimum Gasteiger partial charge on any atom is -0.339 e. The number of aldehydes is 1. The number of hydrogen-bond acceptors (Lipinski definition) is 4. The summed E-state index contributed by atoms with van der Waals surface area (Å²) < 4.78 is 1.17. The van der Waals surface area contributed by atoms with Gasteiger partial charge in [-0.3, -0.25) is 14.2 Å². The minimum absolute atomic E-state index is 0.0737. The molecular formula is C7H6N4O2. The molecule has 2 aromatic heterocycles. The molecule has 0 amide bonds. The van der Waals surface area contributed by atoms with Crippen LogP contribution in [0.4, 0.5) is 0 Å². The van der Waals surface area contributed by atoms with Crippen LogP contribution in [-0.4, -0.2) is 25.8 Å². The summed E-state index contributed by atoms with van der Waals surface area (Å²) >= 11 is 0. The zero-order valence-corrected chi connectivity index (χ0v) is 6.81. The quantitative estimate of drug-likeness (QED) is 0.595. The van der Waals surface area contributed by atoms with Gasteiger partial charge in [-0.15, -0.1) is 0 Å². The summed E-state index contributed by atoms with van der Waals surface area (Å²) in [6.45, 7) is 0. The monoisotopic (exact) mass is 178 g/mol. The molecule has 0 saturated heterocycles. The number of imidazole rings is 1. The van der Waals surface area contributed by atoms with E-state index < -0.39 is 0 Å². The fourth-order valence-corrected chi connectivity index (χ4v) is 1.09. The van der Waals surface area contributed by atoms with Gasteiger partial charge in [-0.25, -0.2) is 9.97 Å². The molecule has 0 aliphatic rings. The van der Waals surface area contributed by atoms with E-state index in [1.54, 1.807) is 0 Å². The van der Waals surface area contributed by atoms with Crippen molar-refractivity contribution in [3.63, 3.8) is 0 Å². The van der Waals surface area contributed by atoms with Crippen molar-refractivity contribution in [2.45, 2.75) is 0 Å². The van der Waals surface area contributed by atoms with Gasteiger partial charge in [0.1, 0.15) is 0 Å². The van der Waals surface area contributed by atoms with Gasteiger partial charge in [0.25, 0.3) is 5.56 Å². The molecule has 0 bridgehead atoms. The molecule has 0 atom stereocenters. The second-order valence-corrected chi connectivity index (χ2v) is 2.55. The van der Waals surface area contributed by atoms with Crippen LogP contribution in [0, 0.1) is 0 Å². The second-order valence-electron chi connectivity index (χ2n) is 2.55. The lowest BCUT2D eigenvalue weighted by Crippen LogP contribution is -2.22. The van der Waals surface area contributed by atoms with Crippen molar-refractivity contribution < 1.29 is 4.79 Å². The summed E-state index contributed by atoms with van der Waals surface area (Å²) in [5.41, 5.74) is 0.280. The number of carbonyl (C=O) groups is 1. The first kappa shape index (κ1) is 7.66. The Hall–Kier alpha value is -1.98. The Morgan fingerprint density at radius 1 is 1.62 bits per heavy atom. The molecule has 2 aromatic rings. The maximum Gasteiger partial charge on any atom is 0.279 e. The van der Waals surface area contributed by atoms with Crippen LogP contribution in [0.2, 0.25) is 0 Å². The number of fused-ring (bicyclic) bond motifs is 1. The van der Waals surface area contributed by atoms with Crippen LogP contribution in [0.25, 0.3) is 11.2 Å². The Labute approximate surface area is 72.2 Å². The van der Waals surface area contributed by atoms with E-state index in [0.717, 1.165) is 0 Å². The van der Waals surface area contributed by atoms with Crippen LogP contribution in [0.1, 0.15) is 10.6 Å². The third-order valence-electron chi connectivity index (χ3n) is 1.81. The van der Waals surface area contributed by atoms with E-state index in [1.807, 2.05) is 0 Å². The zero-order chi connectivity index (χ0) is 9.42. The predicted molar refractivity (Wildman–Crippen MR) is 44.5 cm³/mol. The molecular weight excluding hydrogens is 172 g/mol. The van der Waals surface area contributed by atoms with E-state index in [4.69, 9.17) is 0 Å². The van der Waals surface area contributed by atoms with Crippen LogP contribution < -0.4 is 5.56 Å². The molecule has 0 fully saturated rings. The Balaban J connectivity index is 3.00. The SMILES string of the molecule is Cn1c(C=O)nc2nc[nH]c2c1=O. The molecule has 6 nitrogen and oxygen atoms in total.